The molecule has 37 heavy (non-hydrogen) atoms. The highest BCUT2D eigenvalue weighted by molar-refractivity contribution is 6.36. The van der Waals surface area contributed by atoms with Gasteiger partial charge in [-0.1, -0.05) is 79.5 Å². The first-order valence-corrected chi connectivity index (χ1v) is 13.1. The van der Waals surface area contributed by atoms with E-state index in [1.807, 2.05) is 76.2 Å². The van der Waals surface area contributed by atoms with Crippen molar-refractivity contribution in [2.24, 2.45) is 5.92 Å². The molecular formula is C30H34Cl2N2O3. The van der Waals surface area contributed by atoms with Crippen molar-refractivity contribution in [2.75, 3.05) is 13.2 Å². The Bertz CT molecular complexity index is 1170. The minimum atomic E-state index is -0.788. The lowest BCUT2D eigenvalue weighted by Gasteiger charge is -2.32. The maximum absolute atomic E-state index is 13.7. The van der Waals surface area contributed by atoms with Crippen molar-refractivity contribution < 1.29 is 14.3 Å². The van der Waals surface area contributed by atoms with Gasteiger partial charge in [0, 0.05) is 35.1 Å². The van der Waals surface area contributed by atoms with Gasteiger partial charge in [-0.15, -0.1) is 0 Å². The number of nitrogens with zero attached hydrogens (tertiary/aromatic N) is 1. The van der Waals surface area contributed by atoms with Gasteiger partial charge < -0.3 is 15.0 Å². The maximum atomic E-state index is 13.7. The highest BCUT2D eigenvalue weighted by atomic mass is 35.5. The van der Waals surface area contributed by atoms with Crippen LogP contribution in [-0.2, 0) is 22.6 Å². The lowest BCUT2D eigenvalue weighted by atomic mass is 10.0. The first-order chi connectivity index (χ1) is 17.6. The molecule has 5 nitrogen and oxygen atoms in total. The van der Waals surface area contributed by atoms with Crippen LogP contribution in [0.4, 0.5) is 0 Å². The second-order valence-electron chi connectivity index (χ2n) is 9.68. The number of hydrogen-bond acceptors (Lipinski definition) is 3. The van der Waals surface area contributed by atoms with Gasteiger partial charge in [-0.05, 0) is 60.7 Å². The van der Waals surface area contributed by atoms with Gasteiger partial charge in [0.05, 0.1) is 0 Å². The van der Waals surface area contributed by atoms with Crippen molar-refractivity contribution in [3.63, 3.8) is 0 Å². The SMILES string of the molecule is Cc1cc(C)cc(OCC(=O)N(Cc2c(Cl)cccc2Cl)[C@@H](Cc2ccccc2)C(=O)NCC(C)C)c1. The van der Waals surface area contributed by atoms with Gasteiger partial charge in [0.2, 0.25) is 5.91 Å². The minimum Gasteiger partial charge on any atom is -0.484 e. The monoisotopic (exact) mass is 540 g/mol. The van der Waals surface area contributed by atoms with E-state index in [1.165, 1.54) is 4.90 Å². The third-order valence-electron chi connectivity index (χ3n) is 5.90. The summed E-state index contributed by atoms with van der Waals surface area (Å²) in [5.74, 6) is 0.290. The molecule has 0 saturated carbocycles. The van der Waals surface area contributed by atoms with E-state index in [0.29, 0.717) is 34.3 Å². The van der Waals surface area contributed by atoms with Gasteiger partial charge in [0.1, 0.15) is 11.8 Å². The number of halogens is 2. The van der Waals surface area contributed by atoms with Crippen LogP contribution in [0.1, 0.15) is 36.1 Å². The van der Waals surface area contributed by atoms with Crippen molar-refractivity contribution in [2.45, 2.75) is 46.7 Å². The molecule has 0 aliphatic rings. The maximum Gasteiger partial charge on any atom is 0.261 e. The Hall–Kier alpha value is -3.02. The van der Waals surface area contributed by atoms with Crippen LogP contribution in [0.15, 0.2) is 66.7 Å². The zero-order chi connectivity index (χ0) is 26.9. The Morgan fingerprint density at radius 3 is 2.14 bits per heavy atom. The molecule has 0 aromatic heterocycles. The molecule has 3 aromatic carbocycles. The molecule has 0 fully saturated rings. The fraction of sp³-hybridized carbons (Fsp3) is 0.333. The summed E-state index contributed by atoms with van der Waals surface area (Å²) in [6, 6.07) is 19.8. The van der Waals surface area contributed by atoms with Gasteiger partial charge >= 0.3 is 0 Å². The summed E-state index contributed by atoms with van der Waals surface area (Å²) in [6.07, 6.45) is 0.335. The number of carbonyl (C=O) groups excluding carboxylic acids is 2. The third-order valence-corrected chi connectivity index (χ3v) is 6.61. The molecule has 0 bridgehead atoms. The summed E-state index contributed by atoms with van der Waals surface area (Å²) in [5.41, 5.74) is 3.60. The molecule has 1 atom stereocenters. The van der Waals surface area contributed by atoms with Crippen molar-refractivity contribution in [1.29, 1.82) is 0 Å². The second-order valence-corrected chi connectivity index (χ2v) is 10.5. The van der Waals surface area contributed by atoms with Gasteiger partial charge in [-0.3, -0.25) is 9.59 Å². The van der Waals surface area contributed by atoms with E-state index in [1.54, 1.807) is 18.2 Å². The fourth-order valence-electron chi connectivity index (χ4n) is 4.07. The molecule has 1 N–H and O–H groups in total. The first kappa shape index (κ1) is 28.5. The predicted octanol–water partition coefficient (Wildman–Crippen LogP) is 6.40. The van der Waals surface area contributed by atoms with E-state index in [9.17, 15) is 9.59 Å². The third kappa shape index (κ3) is 8.51. The van der Waals surface area contributed by atoms with E-state index in [-0.39, 0.29) is 30.9 Å². The highest BCUT2D eigenvalue weighted by Crippen LogP contribution is 2.27. The molecule has 196 valence electrons. The molecule has 0 aliphatic heterocycles. The van der Waals surface area contributed by atoms with E-state index < -0.39 is 6.04 Å². The number of ether oxygens (including phenoxy) is 1. The van der Waals surface area contributed by atoms with E-state index >= 15 is 0 Å². The van der Waals surface area contributed by atoms with E-state index in [0.717, 1.165) is 16.7 Å². The quantitative estimate of drug-likeness (QED) is 0.306. The summed E-state index contributed by atoms with van der Waals surface area (Å²) in [4.78, 5) is 28.8. The van der Waals surface area contributed by atoms with Gasteiger partial charge in [-0.25, -0.2) is 0 Å². The van der Waals surface area contributed by atoms with E-state index in [2.05, 4.69) is 5.32 Å². The molecule has 3 aromatic rings. The Balaban J connectivity index is 1.96. The Kier molecular flexibility index (Phi) is 10.4. The molecule has 2 amide bonds. The summed E-state index contributed by atoms with van der Waals surface area (Å²) in [7, 11) is 0. The molecular weight excluding hydrogens is 507 g/mol. The fourth-order valence-corrected chi connectivity index (χ4v) is 4.59. The van der Waals surface area contributed by atoms with Crippen LogP contribution >= 0.6 is 23.2 Å². The van der Waals surface area contributed by atoms with Crippen LogP contribution in [0.5, 0.6) is 5.75 Å². The Morgan fingerprint density at radius 2 is 1.54 bits per heavy atom. The number of hydrogen-bond donors (Lipinski definition) is 1. The van der Waals surface area contributed by atoms with Crippen molar-refractivity contribution in [1.82, 2.24) is 10.2 Å². The predicted molar refractivity (Wildman–Crippen MR) is 150 cm³/mol. The second kappa shape index (κ2) is 13.5. The zero-order valence-electron chi connectivity index (χ0n) is 21.8. The van der Waals surface area contributed by atoms with Crippen LogP contribution in [0.3, 0.4) is 0 Å². The largest absolute Gasteiger partial charge is 0.484 e. The number of benzene rings is 3. The highest BCUT2D eigenvalue weighted by Gasteiger charge is 2.31. The smallest absolute Gasteiger partial charge is 0.261 e. The van der Waals surface area contributed by atoms with Crippen LogP contribution in [0.25, 0.3) is 0 Å². The summed E-state index contributed by atoms with van der Waals surface area (Å²) in [5, 5.41) is 3.87. The summed E-state index contributed by atoms with van der Waals surface area (Å²) in [6.45, 7) is 8.34. The van der Waals surface area contributed by atoms with Crippen LogP contribution in [0, 0.1) is 19.8 Å². The number of nitrogens with one attached hydrogen (secondary N) is 1. The Morgan fingerprint density at radius 1 is 0.919 bits per heavy atom. The molecule has 0 radical (unpaired) electrons. The first-order valence-electron chi connectivity index (χ1n) is 12.4. The summed E-state index contributed by atoms with van der Waals surface area (Å²) < 4.78 is 5.90. The Labute approximate surface area is 229 Å². The number of aryl methyl sites for hydroxylation is 2. The lowest BCUT2D eigenvalue weighted by Crippen LogP contribution is -2.52. The minimum absolute atomic E-state index is 0.0696. The van der Waals surface area contributed by atoms with Crippen LogP contribution < -0.4 is 10.1 Å². The summed E-state index contributed by atoms with van der Waals surface area (Å²) >= 11 is 13.0. The molecule has 0 heterocycles. The molecule has 3 rings (SSSR count). The van der Waals surface area contributed by atoms with Crippen molar-refractivity contribution >= 4 is 35.0 Å². The average molecular weight is 542 g/mol. The standard InChI is InChI=1S/C30H34Cl2N2O3/c1-20(2)17-33-30(36)28(16-23-9-6-5-7-10-23)34(18-25-26(31)11-8-12-27(25)32)29(35)19-37-24-14-21(3)13-22(4)15-24/h5-15,20,28H,16-19H2,1-4H3,(H,33,36)/t28-/m0/s1. The van der Waals surface area contributed by atoms with Crippen molar-refractivity contribution in [3.05, 3.63) is 99.0 Å². The molecule has 0 spiro atoms. The van der Waals surface area contributed by atoms with E-state index in [4.69, 9.17) is 27.9 Å². The van der Waals surface area contributed by atoms with Crippen LogP contribution in [0.2, 0.25) is 10.0 Å². The number of carbonyl (C=O) groups is 2. The average Bonchev–Trinajstić information content (AvgIpc) is 2.84. The van der Waals surface area contributed by atoms with Crippen molar-refractivity contribution in [3.8, 4) is 5.75 Å². The topological polar surface area (TPSA) is 58.6 Å². The zero-order valence-corrected chi connectivity index (χ0v) is 23.3. The number of amides is 2. The molecule has 0 unspecified atom stereocenters. The number of rotatable bonds is 11. The van der Waals surface area contributed by atoms with Gasteiger partial charge in [0.25, 0.3) is 5.91 Å². The normalized spacial score (nSPS) is 11.8. The van der Waals surface area contributed by atoms with Gasteiger partial charge in [0.15, 0.2) is 6.61 Å². The molecule has 7 heteroatoms. The molecule has 0 saturated heterocycles. The lowest BCUT2D eigenvalue weighted by molar-refractivity contribution is -0.142. The molecule has 0 aliphatic carbocycles. The van der Waals surface area contributed by atoms with Crippen LogP contribution in [-0.4, -0.2) is 35.9 Å². The van der Waals surface area contributed by atoms with Gasteiger partial charge in [-0.2, -0.15) is 0 Å².